The molecular weight excluding hydrogens is 198 g/mol. The first-order valence-electron chi connectivity index (χ1n) is 6.84. The van der Waals surface area contributed by atoms with Crippen LogP contribution in [0, 0.1) is 5.41 Å². The summed E-state index contributed by atoms with van der Waals surface area (Å²) < 4.78 is 1.42. The quantitative estimate of drug-likeness (QED) is 0.665. The van der Waals surface area contributed by atoms with E-state index in [1.54, 1.807) is 0 Å². The maximum Gasteiger partial charge on any atom is 0.101 e. The minimum absolute atomic E-state index is 0. The van der Waals surface area contributed by atoms with Crippen LogP contribution < -0.4 is 0 Å². The van der Waals surface area contributed by atoms with Gasteiger partial charge in [0.2, 0.25) is 0 Å². The van der Waals surface area contributed by atoms with E-state index in [1.165, 1.54) is 56.2 Å². The Morgan fingerprint density at radius 1 is 0.938 bits per heavy atom. The number of nitrogens with zero attached hydrogens (tertiary/aromatic N) is 1. The smallest absolute Gasteiger partial charge is 0.101 e. The molecule has 0 aromatic rings. The Labute approximate surface area is 101 Å². The lowest BCUT2D eigenvalue weighted by Crippen LogP contribution is -2.65. The van der Waals surface area contributed by atoms with Crippen LogP contribution in [0.4, 0.5) is 0 Å². The standard InChI is InChI=1S/C14H28N.H2O/c1-5-15(11-6-7-12-15)14(4)10-8-9-13(14,2)3;/h5-12H2,1-4H3;1H2/q+1;/p-1. The van der Waals surface area contributed by atoms with Crippen molar-refractivity contribution in [2.24, 2.45) is 5.41 Å². The van der Waals surface area contributed by atoms with E-state index < -0.39 is 0 Å². The molecule has 2 heteroatoms. The van der Waals surface area contributed by atoms with Crippen LogP contribution in [0.15, 0.2) is 0 Å². The topological polar surface area (TPSA) is 30.0 Å². The minimum atomic E-state index is 0. The predicted molar refractivity (Wildman–Crippen MR) is 67.7 cm³/mol. The third-order valence-corrected chi connectivity index (χ3v) is 6.00. The van der Waals surface area contributed by atoms with Crippen molar-refractivity contribution in [2.45, 2.75) is 65.3 Å². The summed E-state index contributed by atoms with van der Waals surface area (Å²) in [4.78, 5) is 0. The molecule has 1 atom stereocenters. The van der Waals surface area contributed by atoms with Crippen molar-refractivity contribution in [2.75, 3.05) is 19.6 Å². The lowest BCUT2D eigenvalue weighted by molar-refractivity contribution is -0.969. The summed E-state index contributed by atoms with van der Waals surface area (Å²) in [6, 6.07) is 0. The average molecular weight is 227 g/mol. The highest BCUT2D eigenvalue weighted by molar-refractivity contribution is 4.98. The fraction of sp³-hybridized carbons (Fsp3) is 1.00. The second-order valence-corrected chi connectivity index (χ2v) is 6.63. The first-order valence-corrected chi connectivity index (χ1v) is 6.84. The van der Waals surface area contributed by atoms with Crippen LogP contribution in [0.5, 0.6) is 0 Å². The van der Waals surface area contributed by atoms with Crippen LogP contribution >= 0.6 is 0 Å². The van der Waals surface area contributed by atoms with Gasteiger partial charge in [0.15, 0.2) is 0 Å². The van der Waals surface area contributed by atoms with Gasteiger partial charge in [-0.1, -0.05) is 13.8 Å². The molecule has 1 unspecified atom stereocenters. The maximum atomic E-state index is 2.58. The molecule has 0 aromatic heterocycles. The van der Waals surface area contributed by atoms with E-state index in [0.29, 0.717) is 11.0 Å². The Balaban J connectivity index is 0.00000128. The van der Waals surface area contributed by atoms with E-state index in [0.717, 1.165) is 0 Å². The van der Waals surface area contributed by atoms with E-state index in [9.17, 15) is 0 Å². The van der Waals surface area contributed by atoms with Gasteiger partial charge in [0.1, 0.15) is 5.54 Å². The molecule has 2 rings (SSSR count). The lowest BCUT2D eigenvalue weighted by Gasteiger charge is -2.53. The molecule has 0 amide bonds. The third kappa shape index (κ3) is 1.62. The van der Waals surface area contributed by atoms with Crippen molar-refractivity contribution in [3.05, 3.63) is 0 Å². The molecular formula is C14H29NO. The van der Waals surface area contributed by atoms with Gasteiger partial charge < -0.3 is 9.96 Å². The van der Waals surface area contributed by atoms with Gasteiger partial charge in [-0.05, 0) is 26.7 Å². The first-order chi connectivity index (χ1) is 6.97. The molecule has 0 aromatic carbocycles. The summed E-state index contributed by atoms with van der Waals surface area (Å²) in [5.41, 5.74) is 1.10. The van der Waals surface area contributed by atoms with Gasteiger partial charge in [0, 0.05) is 24.7 Å². The van der Waals surface area contributed by atoms with E-state index in [1.807, 2.05) is 0 Å². The van der Waals surface area contributed by atoms with E-state index in [-0.39, 0.29) is 5.48 Å². The van der Waals surface area contributed by atoms with Crippen molar-refractivity contribution in [1.82, 2.24) is 0 Å². The van der Waals surface area contributed by atoms with Crippen molar-refractivity contribution in [3.63, 3.8) is 0 Å². The molecule has 2 aliphatic rings. The molecule has 1 N–H and O–H groups in total. The fourth-order valence-electron chi connectivity index (χ4n) is 4.46. The van der Waals surface area contributed by atoms with Gasteiger partial charge in [-0.25, -0.2) is 0 Å². The second kappa shape index (κ2) is 4.30. The number of rotatable bonds is 2. The normalized spacial score (nSPS) is 36.0. The number of hydrogen-bond acceptors (Lipinski definition) is 1. The van der Waals surface area contributed by atoms with Gasteiger partial charge in [-0.3, -0.25) is 0 Å². The Bertz CT molecular complexity index is 243. The summed E-state index contributed by atoms with van der Waals surface area (Å²) in [7, 11) is 0. The molecule has 0 spiro atoms. The summed E-state index contributed by atoms with van der Waals surface area (Å²) in [6.45, 7) is 14.2. The monoisotopic (exact) mass is 227 g/mol. The largest absolute Gasteiger partial charge is 0.870 e. The molecule has 1 saturated carbocycles. The zero-order valence-electron chi connectivity index (χ0n) is 11.6. The van der Waals surface area contributed by atoms with Crippen molar-refractivity contribution in [1.29, 1.82) is 0 Å². The third-order valence-electron chi connectivity index (χ3n) is 6.00. The molecule has 1 saturated heterocycles. The maximum absolute atomic E-state index is 2.58. The van der Waals surface area contributed by atoms with Crippen LogP contribution in [0.25, 0.3) is 0 Å². The van der Waals surface area contributed by atoms with Crippen LogP contribution in [-0.2, 0) is 0 Å². The summed E-state index contributed by atoms with van der Waals surface area (Å²) in [5.74, 6) is 0. The summed E-state index contributed by atoms with van der Waals surface area (Å²) in [6.07, 6.45) is 7.25. The van der Waals surface area contributed by atoms with Crippen LogP contribution in [0.3, 0.4) is 0 Å². The van der Waals surface area contributed by atoms with Crippen molar-refractivity contribution < 1.29 is 9.96 Å². The van der Waals surface area contributed by atoms with Gasteiger partial charge in [0.05, 0.1) is 19.6 Å². The van der Waals surface area contributed by atoms with E-state index >= 15 is 0 Å². The zero-order chi connectivity index (χ0) is 11.2. The highest BCUT2D eigenvalue weighted by Crippen LogP contribution is 2.53. The van der Waals surface area contributed by atoms with Crippen LogP contribution in [-0.4, -0.2) is 35.1 Å². The highest BCUT2D eigenvalue weighted by Gasteiger charge is 2.58. The minimum Gasteiger partial charge on any atom is -0.870 e. The van der Waals surface area contributed by atoms with Crippen molar-refractivity contribution >= 4 is 0 Å². The Kier molecular flexibility index (Phi) is 3.76. The van der Waals surface area contributed by atoms with Crippen LogP contribution in [0.1, 0.15) is 59.8 Å². The molecule has 2 fully saturated rings. The summed E-state index contributed by atoms with van der Waals surface area (Å²) in [5, 5.41) is 0. The van der Waals surface area contributed by atoms with Gasteiger partial charge in [-0.15, -0.1) is 0 Å². The van der Waals surface area contributed by atoms with E-state index in [4.69, 9.17) is 0 Å². The number of quaternary nitrogens is 1. The molecule has 1 heterocycles. The molecule has 0 radical (unpaired) electrons. The molecule has 2 nitrogen and oxygen atoms in total. The molecule has 1 aliphatic carbocycles. The first kappa shape index (κ1) is 14.0. The highest BCUT2D eigenvalue weighted by atomic mass is 16.0. The number of hydrogen-bond donors (Lipinski definition) is 0. The SMILES string of the molecule is CC[N+]1(C2(C)CCCC2(C)C)CCCC1.[OH-]. The molecule has 96 valence electrons. The summed E-state index contributed by atoms with van der Waals surface area (Å²) >= 11 is 0. The number of likely N-dealkylation sites (tertiary alicyclic amines) is 1. The molecule has 1 aliphatic heterocycles. The van der Waals surface area contributed by atoms with Gasteiger partial charge >= 0.3 is 0 Å². The van der Waals surface area contributed by atoms with E-state index in [2.05, 4.69) is 27.7 Å². The van der Waals surface area contributed by atoms with Crippen molar-refractivity contribution in [3.8, 4) is 0 Å². The average Bonchev–Trinajstić information content (AvgIpc) is 2.74. The van der Waals surface area contributed by atoms with Gasteiger partial charge in [0.25, 0.3) is 0 Å². The molecule has 16 heavy (non-hydrogen) atoms. The van der Waals surface area contributed by atoms with Gasteiger partial charge in [-0.2, -0.15) is 0 Å². The Morgan fingerprint density at radius 2 is 1.50 bits per heavy atom. The second-order valence-electron chi connectivity index (χ2n) is 6.63. The Morgan fingerprint density at radius 3 is 1.88 bits per heavy atom. The van der Waals surface area contributed by atoms with Crippen LogP contribution in [0.2, 0.25) is 0 Å². The lowest BCUT2D eigenvalue weighted by atomic mass is 9.73. The fourth-order valence-corrected chi connectivity index (χ4v) is 4.46. The predicted octanol–water partition coefficient (Wildman–Crippen LogP) is 3.41. The Hall–Kier alpha value is -0.0800. The molecule has 0 bridgehead atoms. The zero-order valence-corrected chi connectivity index (χ0v) is 11.6.